The lowest BCUT2D eigenvalue weighted by atomic mass is 9.72. The molecule has 2 aliphatic rings. The Balaban J connectivity index is 1.93. The fourth-order valence-corrected chi connectivity index (χ4v) is 4.35. The van der Waals surface area contributed by atoms with E-state index in [2.05, 4.69) is 0 Å². The molecule has 2 aliphatic carbocycles. The fourth-order valence-electron chi connectivity index (χ4n) is 2.94. The molecule has 0 aliphatic heterocycles. The standard InChI is InChI=1S/C14H19NO2S/c1-18(16,17)14(9-10-14)12-5-3-11(4-6-12)13(15)7-2-8-13/h3-6H,2,7-10,15H2,1H3. The maximum absolute atomic E-state index is 11.8. The summed E-state index contributed by atoms with van der Waals surface area (Å²) in [6, 6.07) is 7.94. The first-order chi connectivity index (χ1) is 8.37. The second-order valence-corrected chi connectivity index (χ2v) is 8.18. The molecule has 2 N–H and O–H groups in total. The maximum Gasteiger partial charge on any atom is 0.157 e. The van der Waals surface area contributed by atoms with Gasteiger partial charge in [0.15, 0.2) is 9.84 Å². The molecule has 3 rings (SSSR count). The van der Waals surface area contributed by atoms with Gasteiger partial charge in [0.25, 0.3) is 0 Å². The van der Waals surface area contributed by atoms with Crippen molar-refractivity contribution in [3.8, 4) is 0 Å². The largest absolute Gasteiger partial charge is 0.321 e. The molecule has 0 heterocycles. The average molecular weight is 265 g/mol. The molecule has 0 saturated heterocycles. The summed E-state index contributed by atoms with van der Waals surface area (Å²) in [6.07, 6.45) is 6.08. The Labute approximate surface area is 108 Å². The summed E-state index contributed by atoms with van der Waals surface area (Å²) >= 11 is 0. The Morgan fingerprint density at radius 1 is 1.00 bits per heavy atom. The fraction of sp³-hybridized carbons (Fsp3) is 0.571. The first kappa shape index (κ1) is 12.2. The summed E-state index contributed by atoms with van der Waals surface area (Å²) in [6.45, 7) is 0. The van der Waals surface area contributed by atoms with Gasteiger partial charge in [-0.1, -0.05) is 24.3 Å². The Morgan fingerprint density at radius 3 is 1.83 bits per heavy atom. The molecule has 1 aromatic rings. The Morgan fingerprint density at radius 2 is 1.50 bits per heavy atom. The van der Waals surface area contributed by atoms with Gasteiger partial charge in [-0.25, -0.2) is 8.42 Å². The summed E-state index contributed by atoms with van der Waals surface area (Å²) in [5.74, 6) is 0. The van der Waals surface area contributed by atoms with E-state index in [9.17, 15) is 8.42 Å². The Bertz CT molecular complexity index is 566. The highest BCUT2D eigenvalue weighted by Crippen LogP contribution is 2.52. The summed E-state index contributed by atoms with van der Waals surface area (Å²) in [4.78, 5) is 0. The van der Waals surface area contributed by atoms with Crippen molar-refractivity contribution in [2.45, 2.75) is 42.4 Å². The zero-order valence-corrected chi connectivity index (χ0v) is 11.5. The van der Waals surface area contributed by atoms with E-state index in [1.54, 1.807) is 0 Å². The van der Waals surface area contributed by atoms with Crippen molar-refractivity contribution in [2.75, 3.05) is 6.26 Å². The molecule has 1 aromatic carbocycles. The monoisotopic (exact) mass is 265 g/mol. The van der Waals surface area contributed by atoms with Crippen molar-refractivity contribution in [3.05, 3.63) is 35.4 Å². The van der Waals surface area contributed by atoms with Crippen molar-refractivity contribution in [1.29, 1.82) is 0 Å². The third-order valence-corrected chi connectivity index (χ3v) is 6.71. The Hall–Kier alpha value is -0.870. The molecule has 0 unspecified atom stereocenters. The molecular weight excluding hydrogens is 246 g/mol. The summed E-state index contributed by atoms with van der Waals surface area (Å²) < 4.78 is 23.1. The maximum atomic E-state index is 11.8. The van der Waals surface area contributed by atoms with E-state index in [1.165, 1.54) is 12.7 Å². The summed E-state index contributed by atoms with van der Waals surface area (Å²) in [5.41, 5.74) is 8.17. The van der Waals surface area contributed by atoms with Crippen molar-refractivity contribution in [2.24, 2.45) is 5.73 Å². The van der Waals surface area contributed by atoms with Crippen LogP contribution in [0.5, 0.6) is 0 Å². The number of sulfone groups is 1. The van der Waals surface area contributed by atoms with E-state index < -0.39 is 14.6 Å². The molecule has 0 aromatic heterocycles. The lowest BCUT2D eigenvalue weighted by Gasteiger charge is -2.38. The zero-order valence-electron chi connectivity index (χ0n) is 10.6. The van der Waals surface area contributed by atoms with E-state index in [1.807, 2.05) is 24.3 Å². The van der Waals surface area contributed by atoms with Crippen LogP contribution in [0.1, 0.15) is 43.2 Å². The van der Waals surface area contributed by atoms with Gasteiger partial charge in [0.1, 0.15) is 0 Å². The van der Waals surface area contributed by atoms with E-state index >= 15 is 0 Å². The van der Waals surface area contributed by atoms with Crippen LogP contribution in [0.2, 0.25) is 0 Å². The highest BCUT2D eigenvalue weighted by atomic mass is 32.2. The molecule has 2 fully saturated rings. The van der Waals surface area contributed by atoms with Crippen LogP contribution in [0.15, 0.2) is 24.3 Å². The molecule has 0 spiro atoms. The number of benzene rings is 1. The van der Waals surface area contributed by atoms with Crippen molar-refractivity contribution >= 4 is 9.84 Å². The van der Waals surface area contributed by atoms with Gasteiger partial charge in [-0.15, -0.1) is 0 Å². The lowest BCUT2D eigenvalue weighted by Crippen LogP contribution is -2.43. The molecule has 2 saturated carbocycles. The van der Waals surface area contributed by atoms with E-state index in [-0.39, 0.29) is 5.54 Å². The molecule has 0 radical (unpaired) electrons. The highest BCUT2D eigenvalue weighted by Gasteiger charge is 2.53. The second-order valence-electron chi connectivity index (χ2n) is 5.85. The first-order valence-electron chi connectivity index (χ1n) is 6.47. The van der Waals surface area contributed by atoms with Crippen LogP contribution < -0.4 is 5.73 Å². The quantitative estimate of drug-likeness (QED) is 0.910. The minimum Gasteiger partial charge on any atom is -0.321 e. The molecule has 3 nitrogen and oxygen atoms in total. The minimum atomic E-state index is -3.02. The zero-order chi connectivity index (χ0) is 13.0. The van der Waals surface area contributed by atoms with Crippen LogP contribution in [0.3, 0.4) is 0 Å². The van der Waals surface area contributed by atoms with Gasteiger partial charge in [0.2, 0.25) is 0 Å². The molecule has 0 atom stereocenters. The van der Waals surface area contributed by atoms with Crippen LogP contribution in [0.4, 0.5) is 0 Å². The van der Waals surface area contributed by atoms with E-state index in [0.717, 1.165) is 36.8 Å². The first-order valence-corrected chi connectivity index (χ1v) is 8.36. The van der Waals surface area contributed by atoms with Crippen LogP contribution in [0, 0.1) is 0 Å². The Kier molecular flexibility index (Phi) is 2.42. The van der Waals surface area contributed by atoms with Crippen molar-refractivity contribution < 1.29 is 8.42 Å². The number of hydrogen-bond donors (Lipinski definition) is 1. The molecule has 98 valence electrons. The topological polar surface area (TPSA) is 60.2 Å². The van der Waals surface area contributed by atoms with Crippen molar-refractivity contribution in [1.82, 2.24) is 0 Å². The lowest BCUT2D eigenvalue weighted by molar-refractivity contribution is 0.253. The van der Waals surface area contributed by atoms with Crippen LogP contribution in [-0.2, 0) is 20.1 Å². The molecular formula is C14H19NO2S. The third-order valence-electron chi connectivity index (χ3n) is 4.65. The van der Waals surface area contributed by atoms with Crippen LogP contribution in [-0.4, -0.2) is 14.7 Å². The molecule has 0 amide bonds. The summed E-state index contributed by atoms with van der Waals surface area (Å²) in [5, 5.41) is 0. The van der Waals surface area contributed by atoms with Crippen LogP contribution >= 0.6 is 0 Å². The predicted molar refractivity (Wildman–Crippen MR) is 71.9 cm³/mol. The van der Waals surface area contributed by atoms with Gasteiger partial charge in [0.05, 0.1) is 4.75 Å². The van der Waals surface area contributed by atoms with E-state index in [0.29, 0.717) is 0 Å². The van der Waals surface area contributed by atoms with Crippen molar-refractivity contribution in [3.63, 3.8) is 0 Å². The van der Waals surface area contributed by atoms with Gasteiger partial charge in [-0.2, -0.15) is 0 Å². The second kappa shape index (κ2) is 3.58. The van der Waals surface area contributed by atoms with E-state index in [4.69, 9.17) is 5.73 Å². The SMILES string of the molecule is CS(=O)(=O)C1(c2ccc(C3(N)CCC3)cc2)CC1. The third kappa shape index (κ3) is 1.62. The minimum absolute atomic E-state index is 0.166. The smallest absolute Gasteiger partial charge is 0.157 e. The predicted octanol–water partition coefficient (Wildman–Crippen LogP) is 2.06. The molecule has 18 heavy (non-hydrogen) atoms. The van der Waals surface area contributed by atoms with Gasteiger partial charge in [0, 0.05) is 11.8 Å². The van der Waals surface area contributed by atoms with Gasteiger partial charge < -0.3 is 5.73 Å². The molecule has 0 bridgehead atoms. The average Bonchev–Trinajstić information content (AvgIpc) is 3.06. The van der Waals surface area contributed by atoms with Gasteiger partial charge in [-0.05, 0) is 43.2 Å². The number of nitrogens with two attached hydrogens (primary N) is 1. The highest BCUT2D eigenvalue weighted by molar-refractivity contribution is 7.92. The number of hydrogen-bond acceptors (Lipinski definition) is 3. The van der Waals surface area contributed by atoms with Gasteiger partial charge in [-0.3, -0.25) is 0 Å². The summed E-state index contributed by atoms with van der Waals surface area (Å²) in [7, 11) is -3.02. The molecule has 4 heteroatoms. The van der Waals surface area contributed by atoms with Gasteiger partial charge >= 0.3 is 0 Å². The van der Waals surface area contributed by atoms with Crippen LogP contribution in [0.25, 0.3) is 0 Å². The number of rotatable bonds is 3. The normalized spacial score (nSPS) is 24.3.